The number of nitrogens with zero attached hydrogens (tertiary/aromatic N) is 2. The summed E-state index contributed by atoms with van der Waals surface area (Å²) in [7, 11) is -4.08. The molecule has 0 saturated heterocycles. The molecule has 0 aliphatic heterocycles. The number of nitro groups is 1. The molecule has 0 heterocycles. The first-order valence-corrected chi connectivity index (χ1v) is 7.38. The predicted molar refractivity (Wildman–Crippen MR) is 74.6 cm³/mol. The zero-order valence-corrected chi connectivity index (χ0v) is 12.2. The molecule has 0 amide bonds. The van der Waals surface area contributed by atoms with Crippen LogP contribution in [0, 0.1) is 10.1 Å². The molecule has 1 aromatic rings. The molecular weight excluding hydrogens is 302 g/mol. The SMILES string of the molecule is CC(C)N(CC(=O)O)c1ccc(S(N)(=O)=O)cc1[N+](=O)[O-]. The van der Waals surface area contributed by atoms with Crippen LogP contribution < -0.4 is 10.0 Å². The molecule has 0 radical (unpaired) electrons. The highest BCUT2D eigenvalue weighted by molar-refractivity contribution is 7.89. The second-order valence-corrected chi connectivity index (χ2v) is 6.13. The maximum Gasteiger partial charge on any atom is 0.323 e. The fraction of sp³-hybridized carbons (Fsp3) is 0.364. The summed E-state index contributed by atoms with van der Waals surface area (Å²) in [6.07, 6.45) is 0. The number of hydrogen-bond acceptors (Lipinski definition) is 6. The summed E-state index contributed by atoms with van der Waals surface area (Å²) in [6.45, 7) is 2.88. The fourth-order valence-electron chi connectivity index (χ4n) is 1.76. The summed E-state index contributed by atoms with van der Waals surface area (Å²) < 4.78 is 22.5. The van der Waals surface area contributed by atoms with E-state index in [2.05, 4.69) is 0 Å². The predicted octanol–water partition coefficient (Wildman–Crippen LogP) is 0.542. The minimum atomic E-state index is -4.08. The summed E-state index contributed by atoms with van der Waals surface area (Å²) in [5.41, 5.74) is -0.499. The van der Waals surface area contributed by atoms with Crippen molar-refractivity contribution in [2.24, 2.45) is 5.14 Å². The van der Waals surface area contributed by atoms with Crippen LogP contribution in [0.1, 0.15) is 13.8 Å². The van der Waals surface area contributed by atoms with Crippen molar-refractivity contribution in [3.63, 3.8) is 0 Å². The van der Waals surface area contributed by atoms with Crippen molar-refractivity contribution in [3.05, 3.63) is 28.3 Å². The van der Waals surface area contributed by atoms with Gasteiger partial charge in [-0.1, -0.05) is 0 Å². The maximum atomic E-state index is 11.2. The Balaban J connectivity index is 3.47. The third kappa shape index (κ3) is 4.13. The molecule has 0 saturated carbocycles. The number of primary sulfonamides is 1. The molecular formula is C11H15N3O6S. The van der Waals surface area contributed by atoms with Crippen molar-refractivity contribution in [1.82, 2.24) is 0 Å². The van der Waals surface area contributed by atoms with Crippen molar-refractivity contribution in [1.29, 1.82) is 0 Å². The monoisotopic (exact) mass is 317 g/mol. The quantitative estimate of drug-likeness (QED) is 0.575. The van der Waals surface area contributed by atoms with E-state index in [4.69, 9.17) is 10.2 Å². The molecule has 1 aromatic carbocycles. The topological polar surface area (TPSA) is 144 Å². The molecule has 0 aliphatic rings. The molecule has 0 fully saturated rings. The van der Waals surface area contributed by atoms with Gasteiger partial charge in [-0.05, 0) is 26.0 Å². The van der Waals surface area contributed by atoms with E-state index >= 15 is 0 Å². The average Bonchev–Trinajstić information content (AvgIpc) is 2.33. The van der Waals surface area contributed by atoms with E-state index < -0.39 is 38.0 Å². The average molecular weight is 317 g/mol. The Kier molecular flexibility index (Phi) is 4.86. The number of benzene rings is 1. The number of anilines is 1. The van der Waals surface area contributed by atoms with E-state index in [1.54, 1.807) is 13.8 Å². The van der Waals surface area contributed by atoms with Gasteiger partial charge >= 0.3 is 5.97 Å². The molecule has 116 valence electrons. The smallest absolute Gasteiger partial charge is 0.323 e. The lowest BCUT2D eigenvalue weighted by Crippen LogP contribution is -2.36. The van der Waals surface area contributed by atoms with Gasteiger partial charge in [-0.2, -0.15) is 0 Å². The minimum absolute atomic E-state index is 0.0183. The van der Waals surface area contributed by atoms with Gasteiger partial charge in [0.25, 0.3) is 5.69 Å². The number of rotatable bonds is 6. The first-order valence-electron chi connectivity index (χ1n) is 5.83. The molecule has 21 heavy (non-hydrogen) atoms. The maximum absolute atomic E-state index is 11.2. The molecule has 1 rings (SSSR count). The van der Waals surface area contributed by atoms with Crippen LogP contribution in [0.2, 0.25) is 0 Å². The highest BCUT2D eigenvalue weighted by Crippen LogP contribution is 2.31. The first kappa shape index (κ1) is 16.9. The molecule has 0 aromatic heterocycles. The normalized spacial score (nSPS) is 11.4. The van der Waals surface area contributed by atoms with E-state index in [9.17, 15) is 23.3 Å². The van der Waals surface area contributed by atoms with Crippen molar-refractivity contribution < 1.29 is 23.2 Å². The van der Waals surface area contributed by atoms with Gasteiger partial charge in [-0.15, -0.1) is 0 Å². The summed E-state index contributed by atoms with van der Waals surface area (Å²) in [4.78, 5) is 22.1. The van der Waals surface area contributed by atoms with Gasteiger partial charge in [0.2, 0.25) is 10.0 Å². The largest absolute Gasteiger partial charge is 0.480 e. The van der Waals surface area contributed by atoms with Crippen LogP contribution in [0.25, 0.3) is 0 Å². The van der Waals surface area contributed by atoms with Gasteiger partial charge in [0.1, 0.15) is 12.2 Å². The van der Waals surface area contributed by atoms with Crippen LogP contribution in [-0.4, -0.2) is 37.0 Å². The van der Waals surface area contributed by atoms with Gasteiger partial charge in [-0.25, -0.2) is 13.6 Å². The van der Waals surface area contributed by atoms with E-state index in [0.717, 1.165) is 12.1 Å². The number of carboxylic acid groups (broad SMARTS) is 1. The molecule has 3 N–H and O–H groups in total. The van der Waals surface area contributed by atoms with E-state index in [1.165, 1.54) is 11.0 Å². The second kappa shape index (κ2) is 6.06. The van der Waals surface area contributed by atoms with Crippen molar-refractivity contribution in [3.8, 4) is 0 Å². The minimum Gasteiger partial charge on any atom is -0.480 e. The van der Waals surface area contributed by atoms with Crippen LogP contribution >= 0.6 is 0 Å². The van der Waals surface area contributed by atoms with Crippen LogP contribution in [-0.2, 0) is 14.8 Å². The van der Waals surface area contributed by atoms with E-state index in [1.807, 2.05) is 0 Å². The van der Waals surface area contributed by atoms with Crippen molar-refractivity contribution in [2.45, 2.75) is 24.8 Å². The first-order chi connectivity index (χ1) is 9.54. The Labute approximate surface area is 121 Å². The number of nitrogens with two attached hydrogens (primary N) is 1. The summed E-state index contributed by atoms with van der Waals surface area (Å²) in [5, 5.41) is 24.9. The molecule has 0 aliphatic carbocycles. The third-order valence-electron chi connectivity index (χ3n) is 2.71. The number of sulfonamides is 1. The van der Waals surface area contributed by atoms with Gasteiger partial charge in [0.15, 0.2) is 0 Å². The summed E-state index contributed by atoms with van der Waals surface area (Å²) in [6, 6.07) is 2.78. The molecule has 0 unspecified atom stereocenters. The molecule has 9 nitrogen and oxygen atoms in total. The number of carbonyl (C=O) groups is 1. The van der Waals surface area contributed by atoms with E-state index in [-0.39, 0.29) is 11.7 Å². The van der Waals surface area contributed by atoms with Gasteiger partial charge in [0, 0.05) is 12.1 Å². The highest BCUT2D eigenvalue weighted by atomic mass is 32.2. The zero-order valence-electron chi connectivity index (χ0n) is 11.4. The number of nitro benzene ring substituents is 1. The Bertz CT molecular complexity index is 671. The highest BCUT2D eigenvalue weighted by Gasteiger charge is 2.25. The van der Waals surface area contributed by atoms with Crippen LogP contribution in [0.4, 0.5) is 11.4 Å². The van der Waals surface area contributed by atoms with Gasteiger partial charge < -0.3 is 10.0 Å². The molecule has 0 bridgehead atoms. The Morgan fingerprint density at radius 3 is 2.43 bits per heavy atom. The molecule has 0 atom stereocenters. The Morgan fingerprint density at radius 1 is 1.48 bits per heavy atom. The number of aliphatic carboxylic acids is 1. The Morgan fingerprint density at radius 2 is 2.05 bits per heavy atom. The lowest BCUT2D eigenvalue weighted by atomic mass is 10.2. The van der Waals surface area contributed by atoms with Crippen molar-refractivity contribution >= 4 is 27.4 Å². The Hall–Kier alpha value is -2.20. The van der Waals surface area contributed by atoms with Gasteiger partial charge in [0.05, 0.1) is 9.82 Å². The van der Waals surface area contributed by atoms with Crippen molar-refractivity contribution in [2.75, 3.05) is 11.4 Å². The standard InChI is InChI=1S/C11H15N3O6S/c1-7(2)13(6-11(15)16)9-4-3-8(21(12,19)20)5-10(9)14(17)18/h3-5,7H,6H2,1-2H3,(H,15,16)(H2,12,19,20). The lowest BCUT2D eigenvalue weighted by Gasteiger charge is -2.26. The second-order valence-electron chi connectivity index (χ2n) is 4.57. The number of carboxylic acids is 1. The number of hydrogen-bond donors (Lipinski definition) is 2. The fourth-order valence-corrected chi connectivity index (χ4v) is 2.29. The molecule has 0 spiro atoms. The third-order valence-corrected chi connectivity index (χ3v) is 3.62. The van der Waals surface area contributed by atoms with Crippen LogP contribution in [0.3, 0.4) is 0 Å². The van der Waals surface area contributed by atoms with Gasteiger partial charge in [-0.3, -0.25) is 14.9 Å². The van der Waals surface area contributed by atoms with Crippen LogP contribution in [0.5, 0.6) is 0 Å². The lowest BCUT2D eigenvalue weighted by molar-refractivity contribution is -0.384. The van der Waals surface area contributed by atoms with Crippen LogP contribution in [0.15, 0.2) is 23.1 Å². The summed E-state index contributed by atoms with van der Waals surface area (Å²) in [5.74, 6) is -1.16. The molecule has 10 heteroatoms. The summed E-state index contributed by atoms with van der Waals surface area (Å²) >= 11 is 0. The zero-order chi connectivity index (χ0) is 16.4. The van der Waals surface area contributed by atoms with E-state index in [0.29, 0.717) is 0 Å².